The summed E-state index contributed by atoms with van der Waals surface area (Å²) in [5, 5.41) is 5.46. The zero-order valence-corrected chi connectivity index (χ0v) is 16.2. The highest BCUT2D eigenvalue weighted by atomic mass is 19.1. The number of nitrogens with one attached hydrogen (secondary N) is 2. The average molecular weight is 394 g/mol. The molecule has 0 aromatic heterocycles. The van der Waals surface area contributed by atoms with Gasteiger partial charge in [0.05, 0.1) is 11.4 Å². The van der Waals surface area contributed by atoms with Crippen molar-refractivity contribution in [1.82, 2.24) is 10.6 Å². The lowest BCUT2D eigenvalue weighted by molar-refractivity contribution is -0.119. The van der Waals surface area contributed by atoms with Crippen LogP contribution >= 0.6 is 0 Å². The molecule has 1 aliphatic carbocycles. The summed E-state index contributed by atoms with van der Waals surface area (Å²) in [5.41, 5.74) is 1.86. The largest absolute Gasteiger partial charge is 0.338 e. The van der Waals surface area contributed by atoms with Crippen LogP contribution in [-0.2, 0) is 4.79 Å². The second-order valence-electron chi connectivity index (χ2n) is 7.43. The Morgan fingerprint density at radius 1 is 1.14 bits per heavy atom. The van der Waals surface area contributed by atoms with Crippen LogP contribution in [0.3, 0.4) is 0 Å². The number of hydrogen-bond donors (Lipinski definition) is 2. The first-order valence-electron chi connectivity index (χ1n) is 9.78. The fourth-order valence-electron chi connectivity index (χ4n) is 3.59. The Kier molecular flexibility index (Phi) is 5.29. The smallest absolute Gasteiger partial charge is 0.316 e. The van der Waals surface area contributed by atoms with E-state index < -0.39 is 18.0 Å². The molecule has 7 heteroatoms. The van der Waals surface area contributed by atoms with E-state index in [1.54, 1.807) is 43.4 Å². The van der Waals surface area contributed by atoms with Crippen molar-refractivity contribution in [2.24, 2.45) is 10.9 Å². The van der Waals surface area contributed by atoms with Crippen molar-refractivity contribution in [3.63, 3.8) is 0 Å². The molecule has 150 valence electrons. The number of anilines is 1. The number of nitrogens with zero attached hydrogens (tertiary/aromatic N) is 2. The number of likely N-dealkylation sites (N-methyl/N-ethyl adjacent to an activating group) is 1. The number of carbonyl (C=O) groups excluding carboxylic acids is 2. The fraction of sp³-hybridized carbons (Fsp3) is 0.318. The standard InChI is InChI=1S/C22H23FN4O2/c1-27-18-12-5-3-10-16(18)19(15-9-2-4-11-17(15)23)25-20(21(27)28)26-22(29)24-13-14-7-6-8-14/h2-5,9-12,14,20H,6-8,13H2,1H3,(H2,24,26,29). The molecule has 1 unspecified atom stereocenters. The van der Waals surface area contributed by atoms with Gasteiger partial charge in [0, 0.05) is 24.7 Å². The molecule has 4 rings (SSSR count). The van der Waals surface area contributed by atoms with E-state index in [0.29, 0.717) is 29.4 Å². The Morgan fingerprint density at radius 3 is 2.52 bits per heavy atom. The van der Waals surface area contributed by atoms with Crippen molar-refractivity contribution in [3.05, 3.63) is 65.5 Å². The highest BCUT2D eigenvalue weighted by Crippen LogP contribution is 2.28. The van der Waals surface area contributed by atoms with Crippen LogP contribution in [0.4, 0.5) is 14.9 Å². The fourth-order valence-corrected chi connectivity index (χ4v) is 3.59. The van der Waals surface area contributed by atoms with E-state index in [-0.39, 0.29) is 11.5 Å². The van der Waals surface area contributed by atoms with Crippen LogP contribution in [0.25, 0.3) is 0 Å². The molecule has 1 fully saturated rings. The minimum atomic E-state index is -1.15. The van der Waals surface area contributed by atoms with Gasteiger partial charge in [-0.2, -0.15) is 0 Å². The van der Waals surface area contributed by atoms with Gasteiger partial charge in [-0.25, -0.2) is 14.2 Å². The molecule has 0 spiro atoms. The van der Waals surface area contributed by atoms with Crippen molar-refractivity contribution in [1.29, 1.82) is 0 Å². The minimum absolute atomic E-state index is 0.282. The molecule has 0 radical (unpaired) electrons. The molecule has 1 saturated carbocycles. The number of amides is 3. The highest BCUT2D eigenvalue weighted by Gasteiger charge is 2.31. The summed E-state index contributed by atoms with van der Waals surface area (Å²) in [5.74, 6) is -0.330. The van der Waals surface area contributed by atoms with Crippen molar-refractivity contribution in [2.45, 2.75) is 25.4 Å². The molecule has 2 aliphatic rings. The van der Waals surface area contributed by atoms with Gasteiger partial charge in [0.2, 0.25) is 6.17 Å². The van der Waals surface area contributed by atoms with Gasteiger partial charge in [-0.05, 0) is 37.0 Å². The number of urea groups is 1. The van der Waals surface area contributed by atoms with Gasteiger partial charge in [-0.3, -0.25) is 4.79 Å². The minimum Gasteiger partial charge on any atom is -0.338 e. The van der Waals surface area contributed by atoms with Crippen molar-refractivity contribution < 1.29 is 14.0 Å². The van der Waals surface area contributed by atoms with E-state index in [9.17, 15) is 14.0 Å². The topological polar surface area (TPSA) is 73.8 Å². The summed E-state index contributed by atoms with van der Waals surface area (Å²) < 4.78 is 14.6. The zero-order chi connectivity index (χ0) is 20.4. The average Bonchev–Trinajstić information content (AvgIpc) is 2.78. The van der Waals surface area contributed by atoms with Crippen LogP contribution in [0.5, 0.6) is 0 Å². The predicted molar refractivity (Wildman–Crippen MR) is 110 cm³/mol. The lowest BCUT2D eigenvalue weighted by Gasteiger charge is -2.26. The second kappa shape index (κ2) is 8.03. The summed E-state index contributed by atoms with van der Waals surface area (Å²) >= 11 is 0. The normalized spacial score (nSPS) is 19.0. The molecule has 6 nitrogen and oxygen atoms in total. The number of aliphatic imine (C=N–C) groups is 1. The van der Waals surface area contributed by atoms with E-state index >= 15 is 0 Å². The highest BCUT2D eigenvalue weighted by molar-refractivity contribution is 6.20. The van der Waals surface area contributed by atoms with Gasteiger partial charge in [-0.1, -0.05) is 36.8 Å². The number of rotatable bonds is 4. The molecule has 3 amide bonds. The molecule has 2 N–H and O–H groups in total. The summed E-state index contributed by atoms with van der Waals surface area (Å²) in [6.45, 7) is 0.576. The summed E-state index contributed by atoms with van der Waals surface area (Å²) in [4.78, 5) is 31.3. The molecule has 1 aliphatic heterocycles. The SMILES string of the molecule is CN1C(=O)C(NC(=O)NCC2CCC2)N=C(c2ccccc2F)c2ccccc21. The van der Waals surface area contributed by atoms with Crippen LogP contribution in [-0.4, -0.2) is 37.4 Å². The molecular formula is C22H23FN4O2. The quantitative estimate of drug-likeness (QED) is 0.836. The van der Waals surface area contributed by atoms with Crippen LogP contribution in [0.1, 0.15) is 30.4 Å². The Labute approximate surface area is 168 Å². The first-order chi connectivity index (χ1) is 14.0. The number of halogens is 1. The molecule has 2 aromatic rings. The van der Waals surface area contributed by atoms with Gasteiger partial charge >= 0.3 is 6.03 Å². The maximum atomic E-state index is 14.6. The summed E-state index contributed by atoms with van der Waals surface area (Å²) in [7, 11) is 1.63. The zero-order valence-electron chi connectivity index (χ0n) is 16.2. The number of carbonyl (C=O) groups is 2. The van der Waals surface area contributed by atoms with Crippen molar-refractivity contribution >= 4 is 23.3 Å². The van der Waals surface area contributed by atoms with Crippen molar-refractivity contribution in [3.8, 4) is 0 Å². The maximum Gasteiger partial charge on any atom is 0.316 e. The maximum absolute atomic E-state index is 14.6. The molecule has 29 heavy (non-hydrogen) atoms. The second-order valence-corrected chi connectivity index (χ2v) is 7.43. The van der Waals surface area contributed by atoms with Gasteiger partial charge < -0.3 is 15.5 Å². The first kappa shape index (κ1) is 19.1. The molecule has 1 heterocycles. The van der Waals surface area contributed by atoms with Crippen LogP contribution in [0.15, 0.2) is 53.5 Å². The van der Waals surface area contributed by atoms with E-state index in [1.807, 2.05) is 6.07 Å². The predicted octanol–water partition coefficient (Wildman–Crippen LogP) is 3.06. The number of benzodiazepines with no additional fused rings is 1. The van der Waals surface area contributed by atoms with Crippen LogP contribution in [0, 0.1) is 11.7 Å². The van der Waals surface area contributed by atoms with E-state index in [4.69, 9.17) is 0 Å². The Morgan fingerprint density at radius 2 is 1.83 bits per heavy atom. The van der Waals surface area contributed by atoms with Crippen LogP contribution in [0.2, 0.25) is 0 Å². The van der Waals surface area contributed by atoms with Gasteiger partial charge in [0.25, 0.3) is 5.91 Å². The number of para-hydroxylation sites is 1. The molecule has 0 bridgehead atoms. The van der Waals surface area contributed by atoms with E-state index in [2.05, 4.69) is 15.6 Å². The Hall–Kier alpha value is -3.22. The first-order valence-corrected chi connectivity index (χ1v) is 9.78. The number of fused-ring (bicyclic) bond motifs is 1. The summed E-state index contributed by atoms with van der Waals surface area (Å²) in [6.07, 6.45) is 2.25. The summed E-state index contributed by atoms with van der Waals surface area (Å²) in [6, 6.07) is 13.0. The molecule has 2 aromatic carbocycles. The van der Waals surface area contributed by atoms with Gasteiger partial charge in [-0.15, -0.1) is 0 Å². The third kappa shape index (κ3) is 3.85. The Bertz CT molecular complexity index is 971. The Balaban J connectivity index is 1.68. The molecule has 0 saturated heterocycles. The van der Waals surface area contributed by atoms with E-state index in [1.165, 1.54) is 17.4 Å². The van der Waals surface area contributed by atoms with Crippen molar-refractivity contribution in [2.75, 3.05) is 18.5 Å². The lowest BCUT2D eigenvalue weighted by atomic mass is 9.85. The third-order valence-corrected chi connectivity index (χ3v) is 5.52. The number of benzene rings is 2. The third-order valence-electron chi connectivity index (χ3n) is 5.52. The van der Waals surface area contributed by atoms with Gasteiger partial charge in [0.15, 0.2) is 0 Å². The van der Waals surface area contributed by atoms with Crippen LogP contribution < -0.4 is 15.5 Å². The monoisotopic (exact) mass is 394 g/mol. The number of hydrogen-bond acceptors (Lipinski definition) is 3. The molecular weight excluding hydrogens is 371 g/mol. The van der Waals surface area contributed by atoms with E-state index in [0.717, 1.165) is 12.8 Å². The lowest BCUT2D eigenvalue weighted by Crippen LogP contribution is -2.50. The van der Waals surface area contributed by atoms with Gasteiger partial charge in [0.1, 0.15) is 5.82 Å². The molecule has 1 atom stereocenters.